The van der Waals surface area contributed by atoms with Crippen LogP contribution in [0.4, 0.5) is 11.5 Å². The summed E-state index contributed by atoms with van der Waals surface area (Å²) < 4.78 is 36.6. The summed E-state index contributed by atoms with van der Waals surface area (Å²) >= 11 is 0. The normalized spacial score (nSPS) is 13.5. The molecule has 0 unspecified atom stereocenters. The third-order valence-electron chi connectivity index (χ3n) is 7.60. The summed E-state index contributed by atoms with van der Waals surface area (Å²) in [5.74, 6) is 0.902. The first-order chi connectivity index (χ1) is 20.5. The van der Waals surface area contributed by atoms with E-state index < -0.39 is 15.6 Å². The number of rotatable bonds is 12. The Morgan fingerprint density at radius 1 is 1.05 bits per heavy atom. The van der Waals surface area contributed by atoms with Gasteiger partial charge in [0.1, 0.15) is 12.4 Å². The summed E-state index contributed by atoms with van der Waals surface area (Å²) in [6, 6.07) is 20.0. The van der Waals surface area contributed by atoms with Crippen molar-refractivity contribution in [1.29, 1.82) is 0 Å². The highest BCUT2D eigenvalue weighted by atomic mass is 32.2. The van der Waals surface area contributed by atoms with E-state index in [1.165, 1.54) is 8.87 Å². The average molecular weight is 602 g/mol. The van der Waals surface area contributed by atoms with E-state index in [4.69, 9.17) is 4.74 Å². The Morgan fingerprint density at radius 3 is 2.47 bits per heavy atom. The van der Waals surface area contributed by atoms with E-state index in [1.807, 2.05) is 71.1 Å². The summed E-state index contributed by atoms with van der Waals surface area (Å²) in [4.78, 5) is 18.5. The number of hydrogen-bond acceptors (Lipinski definition) is 7. The fraction of sp³-hybridized carbons (Fsp3) is 0.333. The van der Waals surface area contributed by atoms with Crippen LogP contribution in [-0.2, 0) is 15.6 Å². The van der Waals surface area contributed by atoms with E-state index in [1.54, 1.807) is 42.7 Å². The summed E-state index contributed by atoms with van der Waals surface area (Å²) in [6.45, 7) is 8.98. The zero-order valence-corrected chi connectivity index (χ0v) is 26.1. The molecule has 43 heavy (non-hydrogen) atoms. The molecule has 1 fully saturated rings. The van der Waals surface area contributed by atoms with Crippen LogP contribution in [0.5, 0.6) is 5.75 Å². The second kappa shape index (κ2) is 12.2. The standard InChI is InChI=1S/C33H39N5O4S/c1-23-10-16-27(17-11-23)43(40,41)38(25-14-15-25)26-13-12-24(2)29(22-26)37-20-18-35-31(32(37)39)36-33(3,4)28-8-6-7-9-30(28)42-21-19-34-5/h6-13,16-18,20,22,25,34H,14-15,19,21H2,1-5H3,(H,35,36). The molecule has 0 atom stereocenters. The van der Waals surface area contributed by atoms with Crippen molar-refractivity contribution in [2.75, 3.05) is 29.8 Å². The monoisotopic (exact) mass is 601 g/mol. The third kappa shape index (κ3) is 6.45. The highest BCUT2D eigenvalue weighted by Gasteiger charge is 2.38. The summed E-state index contributed by atoms with van der Waals surface area (Å²) in [5, 5.41) is 6.41. The van der Waals surface area contributed by atoms with Gasteiger partial charge in [0.2, 0.25) is 0 Å². The molecule has 0 amide bonds. The number of para-hydroxylation sites is 1. The van der Waals surface area contributed by atoms with E-state index in [0.717, 1.165) is 35.3 Å². The zero-order chi connectivity index (χ0) is 30.8. The fourth-order valence-corrected chi connectivity index (χ4v) is 6.80. The van der Waals surface area contributed by atoms with Crippen LogP contribution in [0.15, 0.2) is 88.8 Å². The maximum absolute atomic E-state index is 13.9. The molecule has 1 aromatic heterocycles. The number of hydrogen-bond donors (Lipinski definition) is 2. The maximum atomic E-state index is 13.9. The van der Waals surface area contributed by atoms with Crippen LogP contribution >= 0.6 is 0 Å². The Bertz CT molecular complexity index is 1760. The van der Waals surface area contributed by atoms with E-state index >= 15 is 0 Å². The van der Waals surface area contributed by atoms with Crippen molar-refractivity contribution >= 4 is 21.5 Å². The van der Waals surface area contributed by atoms with Gasteiger partial charge in [-0.1, -0.05) is 42.0 Å². The van der Waals surface area contributed by atoms with Crippen LogP contribution in [0.2, 0.25) is 0 Å². The molecule has 9 nitrogen and oxygen atoms in total. The van der Waals surface area contributed by atoms with Crippen LogP contribution in [0.1, 0.15) is 43.4 Å². The molecule has 5 rings (SSSR count). The number of likely N-dealkylation sites (N-methyl/N-ethyl adjacent to an activating group) is 1. The molecule has 0 aliphatic heterocycles. The van der Waals surface area contributed by atoms with Gasteiger partial charge in [-0.25, -0.2) is 13.4 Å². The van der Waals surface area contributed by atoms with Crippen molar-refractivity contribution in [2.24, 2.45) is 0 Å². The first-order valence-electron chi connectivity index (χ1n) is 14.5. The summed E-state index contributed by atoms with van der Waals surface area (Å²) in [5.41, 5.74) is 2.79. The SMILES string of the molecule is CNCCOc1ccccc1C(C)(C)Nc1nccn(-c2cc(N(C3CC3)S(=O)(=O)c3ccc(C)cc3)ccc2C)c1=O. The summed E-state index contributed by atoms with van der Waals surface area (Å²) in [6.07, 6.45) is 4.75. The lowest BCUT2D eigenvalue weighted by Crippen LogP contribution is -2.35. The minimum absolute atomic E-state index is 0.121. The number of sulfonamides is 1. The van der Waals surface area contributed by atoms with E-state index in [-0.39, 0.29) is 22.3 Å². The minimum Gasteiger partial charge on any atom is -0.492 e. The minimum atomic E-state index is -3.80. The molecule has 0 radical (unpaired) electrons. The molecule has 2 N–H and O–H groups in total. The molecule has 0 saturated heterocycles. The second-order valence-electron chi connectivity index (χ2n) is 11.5. The van der Waals surface area contributed by atoms with Gasteiger partial charge in [-0.3, -0.25) is 13.7 Å². The van der Waals surface area contributed by atoms with Gasteiger partial charge in [-0.05, 0) is 83.5 Å². The lowest BCUT2D eigenvalue weighted by molar-refractivity contribution is 0.310. The molecular formula is C33H39N5O4S. The van der Waals surface area contributed by atoms with Crippen molar-refractivity contribution in [3.8, 4) is 11.4 Å². The molecular weight excluding hydrogens is 562 g/mol. The number of benzene rings is 3. The number of anilines is 2. The number of nitrogens with one attached hydrogen (secondary N) is 2. The van der Waals surface area contributed by atoms with Crippen molar-refractivity contribution in [3.05, 3.63) is 106 Å². The number of ether oxygens (including phenoxy) is 1. The lowest BCUT2D eigenvalue weighted by atomic mass is 9.93. The van der Waals surface area contributed by atoms with E-state index in [0.29, 0.717) is 24.5 Å². The summed E-state index contributed by atoms with van der Waals surface area (Å²) in [7, 11) is -1.93. The number of aryl methyl sites for hydroxylation is 2. The van der Waals surface area contributed by atoms with Crippen LogP contribution in [0.3, 0.4) is 0 Å². The molecule has 3 aromatic carbocycles. The van der Waals surface area contributed by atoms with Crippen LogP contribution < -0.4 is 25.2 Å². The first-order valence-corrected chi connectivity index (χ1v) is 15.9. The average Bonchev–Trinajstić information content (AvgIpc) is 3.81. The molecule has 4 aromatic rings. The molecule has 1 aliphatic carbocycles. The van der Waals surface area contributed by atoms with Crippen LogP contribution in [0.25, 0.3) is 5.69 Å². The Balaban J connectivity index is 1.50. The van der Waals surface area contributed by atoms with Gasteiger partial charge in [0.25, 0.3) is 15.6 Å². The fourth-order valence-electron chi connectivity index (χ4n) is 5.10. The molecule has 1 heterocycles. The van der Waals surface area contributed by atoms with Gasteiger partial charge in [0.05, 0.1) is 21.8 Å². The molecule has 226 valence electrons. The zero-order valence-electron chi connectivity index (χ0n) is 25.3. The van der Waals surface area contributed by atoms with Crippen molar-refractivity contribution < 1.29 is 13.2 Å². The van der Waals surface area contributed by atoms with Crippen molar-refractivity contribution in [2.45, 2.75) is 57.0 Å². The van der Waals surface area contributed by atoms with Gasteiger partial charge in [-0.2, -0.15) is 0 Å². The largest absolute Gasteiger partial charge is 0.492 e. The van der Waals surface area contributed by atoms with Gasteiger partial charge >= 0.3 is 0 Å². The topological polar surface area (TPSA) is 106 Å². The van der Waals surface area contributed by atoms with Gasteiger partial charge in [0, 0.05) is 30.5 Å². The predicted molar refractivity (Wildman–Crippen MR) is 171 cm³/mol. The predicted octanol–water partition coefficient (Wildman–Crippen LogP) is 5.15. The quantitative estimate of drug-likeness (QED) is 0.216. The first kappa shape index (κ1) is 30.3. The highest BCUT2D eigenvalue weighted by molar-refractivity contribution is 7.92. The van der Waals surface area contributed by atoms with Gasteiger partial charge in [0.15, 0.2) is 5.82 Å². The Kier molecular flexibility index (Phi) is 8.62. The third-order valence-corrected chi connectivity index (χ3v) is 9.50. The Labute approximate surface area is 253 Å². The van der Waals surface area contributed by atoms with Crippen LogP contribution in [0, 0.1) is 13.8 Å². The number of aromatic nitrogens is 2. The second-order valence-corrected chi connectivity index (χ2v) is 13.3. The van der Waals surface area contributed by atoms with Crippen molar-refractivity contribution in [3.63, 3.8) is 0 Å². The maximum Gasteiger partial charge on any atom is 0.297 e. The highest BCUT2D eigenvalue weighted by Crippen LogP contribution is 2.38. The lowest BCUT2D eigenvalue weighted by Gasteiger charge is -2.29. The molecule has 0 spiro atoms. The van der Waals surface area contributed by atoms with Crippen LogP contribution in [-0.4, -0.2) is 44.2 Å². The van der Waals surface area contributed by atoms with Gasteiger partial charge in [-0.15, -0.1) is 0 Å². The Hall–Kier alpha value is -4.15. The molecule has 0 bridgehead atoms. The van der Waals surface area contributed by atoms with E-state index in [2.05, 4.69) is 15.6 Å². The molecule has 10 heteroatoms. The molecule has 1 saturated carbocycles. The molecule has 1 aliphatic rings. The number of nitrogens with zero attached hydrogens (tertiary/aromatic N) is 3. The smallest absolute Gasteiger partial charge is 0.297 e. The Morgan fingerprint density at radius 2 is 1.77 bits per heavy atom. The van der Waals surface area contributed by atoms with Crippen molar-refractivity contribution in [1.82, 2.24) is 14.9 Å². The van der Waals surface area contributed by atoms with Gasteiger partial charge < -0.3 is 15.4 Å². The van der Waals surface area contributed by atoms with E-state index in [9.17, 15) is 13.2 Å².